The van der Waals surface area contributed by atoms with Crippen LogP contribution in [0.5, 0.6) is 0 Å². The molecule has 1 aliphatic rings. The Labute approximate surface area is 205 Å². The molecule has 0 bridgehead atoms. The molecule has 0 aliphatic carbocycles. The lowest BCUT2D eigenvalue weighted by Crippen LogP contribution is -2.48. The van der Waals surface area contributed by atoms with Crippen LogP contribution in [-0.4, -0.2) is 46.9 Å². The van der Waals surface area contributed by atoms with Gasteiger partial charge in [-0.1, -0.05) is 91.0 Å². The molecular formula is C29H29N3OS. The summed E-state index contributed by atoms with van der Waals surface area (Å²) in [6, 6.07) is 31.1. The van der Waals surface area contributed by atoms with E-state index in [1.165, 1.54) is 16.7 Å². The first kappa shape index (κ1) is 22.5. The van der Waals surface area contributed by atoms with Crippen molar-refractivity contribution < 1.29 is 4.79 Å². The van der Waals surface area contributed by atoms with Gasteiger partial charge >= 0.3 is 0 Å². The van der Waals surface area contributed by atoms with Crippen molar-refractivity contribution >= 4 is 17.2 Å². The third-order valence-electron chi connectivity index (χ3n) is 6.47. The van der Waals surface area contributed by atoms with Crippen molar-refractivity contribution in [2.24, 2.45) is 0 Å². The van der Waals surface area contributed by atoms with Crippen LogP contribution in [0, 0.1) is 0 Å². The van der Waals surface area contributed by atoms with Crippen molar-refractivity contribution in [2.75, 3.05) is 26.2 Å². The first-order valence-electron chi connectivity index (χ1n) is 11.9. The first-order valence-corrected chi connectivity index (χ1v) is 12.7. The van der Waals surface area contributed by atoms with E-state index in [1.807, 2.05) is 35.2 Å². The van der Waals surface area contributed by atoms with Gasteiger partial charge in [-0.25, -0.2) is 4.98 Å². The number of amides is 1. The zero-order valence-corrected chi connectivity index (χ0v) is 20.0. The number of hydrogen-bond donors (Lipinski definition) is 0. The van der Waals surface area contributed by atoms with Crippen LogP contribution >= 0.6 is 11.3 Å². The molecule has 2 heterocycles. The molecule has 1 amide bonds. The summed E-state index contributed by atoms with van der Waals surface area (Å²) in [6.45, 7) is 4.13. The predicted molar refractivity (Wildman–Crippen MR) is 139 cm³/mol. The Kier molecular flexibility index (Phi) is 7.13. The molecule has 1 fully saturated rings. The maximum Gasteiger partial charge on any atom is 0.223 e. The van der Waals surface area contributed by atoms with Crippen molar-refractivity contribution in [3.8, 4) is 10.6 Å². The van der Waals surface area contributed by atoms with Gasteiger partial charge in [-0.2, -0.15) is 0 Å². The molecule has 1 aliphatic heterocycles. The summed E-state index contributed by atoms with van der Waals surface area (Å²) < 4.78 is 0. The molecule has 0 N–H and O–H groups in total. The van der Waals surface area contributed by atoms with E-state index >= 15 is 0 Å². The van der Waals surface area contributed by atoms with E-state index in [1.54, 1.807) is 11.3 Å². The lowest BCUT2D eigenvalue weighted by Gasteiger charge is -2.35. The monoisotopic (exact) mass is 467 g/mol. The highest BCUT2D eigenvalue weighted by atomic mass is 32.1. The largest absolute Gasteiger partial charge is 0.340 e. The number of piperazine rings is 1. The van der Waals surface area contributed by atoms with Gasteiger partial charge in [0.1, 0.15) is 5.01 Å². The minimum absolute atomic E-state index is 0.0827. The summed E-state index contributed by atoms with van der Waals surface area (Å²) in [5.41, 5.74) is 4.66. The number of carbonyl (C=O) groups is 1. The van der Waals surface area contributed by atoms with Crippen LogP contribution in [0.2, 0.25) is 0 Å². The second-order valence-corrected chi connectivity index (χ2v) is 9.60. The lowest BCUT2D eigenvalue weighted by molar-refractivity contribution is -0.133. The zero-order valence-electron chi connectivity index (χ0n) is 19.2. The minimum atomic E-state index is 0.0827. The average Bonchev–Trinajstić information content (AvgIpc) is 3.37. The normalized spacial score (nSPS) is 14.4. The molecule has 0 spiro atoms. The Morgan fingerprint density at radius 2 is 1.35 bits per heavy atom. The molecule has 0 saturated carbocycles. The van der Waals surface area contributed by atoms with Gasteiger partial charge in [-0.3, -0.25) is 9.69 Å². The predicted octanol–water partition coefficient (Wildman–Crippen LogP) is 5.68. The van der Waals surface area contributed by atoms with Crippen molar-refractivity contribution in [1.82, 2.24) is 14.8 Å². The molecule has 5 rings (SSSR count). The van der Waals surface area contributed by atoms with Gasteiger partial charge in [-0.05, 0) is 11.1 Å². The van der Waals surface area contributed by atoms with Crippen LogP contribution in [0.15, 0.2) is 96.4 Å². The third-order valence-corrected chi connectivity index (χ3v) is 7.41. The van der Waals surface area contributed by atoms with Gasteiger partial charge < -0.3 is 4.90 Å². The maximum atomic E-state index is 13.3. The Morgan fingerprint density at radius 1 is 0.794 bits per heavy atom. The first-order chi connectivity index (χ1) is 16.8. The lowest BCUT2D eigenvalue weighted by atomic mass is 9.88. The molecule has 0 atom stereocenters. The fourth-order valence-corrected chi connectivity index (χ4v) is 5.40. The number of nitrogens with zero attached hydrogens (tertiary/aromatic N) is 3. The average molecular weight is 468 g/mol. The standard InChI is InChI=1S/C29H29N3OS/c33-28(20-27(23-10-4-1-5-11-23)24-12-6-2-7-13-24)32-18-16-31(17-19-32)21-26-22-34-29(30-26)25-14-8-3-9-15-25/h1-15,22,27H,16-21H2. The van der Waals surface area contributed by atoms with Crippen LogP contribution in [0.1, 0.15) is 29.2 Å². The van der Waals surface area contributed by atoms with Crippen molar-refractivity contribution in [2.45, 2.75) is 18.9 Å². The second kappa shape index (κ2) is 10.8. The SMILES string of the molecule is O=C(CC(c1ccccc1)c1ccccc1)N1CCN(Cc2csc(-c3ccccc3)n2)CC1. The van der Waals surface area contributed by atoms with Gasteiger partial charge in [-0.15, -0.1) is 11.3 Å². The molecular weight excluding hydrogens is 438 g/mol. The molecule has 1 saturated heterocycles. The number of aromatic nitrogens is 1. The third kappa shape index (κ3) is 5.44. The van der Waals surface area contributed by atoms with Gasteiger partial charge in [0, 0.05) is 56.0 Å². The molecule has 5 heteroatoms. The summed E-state index contributed by atoms with van der Waals surface area (Å²) in [6.07, 6.45) is 0.501. The molecule has 4 aromatic rings. The van der Waals surface area contributed by atoms with E-state index in [0.29, 0.717) is 6.42 Å². The topological polar surface area (TPSA) is 36.4 Å². The number of benzene rings is 3. The Balaban J connectivity index is 1.18. The van der Waals surface area contributed by atoms with Gasteiger partial charge in [0.25, 0.3) is 0 Å². The molecule has 3 aromatic carbocycles. The fraction of sp³-hybridized carbons (Fsp3) is 0.241. The summed E-state index contributed by atoms with van der Waals surface area (Å²) >= 11 is 1.70. The smallest absolute Gasteiger partial charge is 0.223 e. The van der Waals surface area contributed by atoms with E-state index in [9.17, 15) is 4.79 Å². The number of carbonyl (C=O) groups excluding carboxylic acids is 1. The van der Waals surface area contributed by atoms with Gasteiger partial charge in [0.05, 0.1) is 5.69 Å². The van der Waals surface area contributed by atoms with Crippen molar-refractivity contribution in [3.63, 3.8) is 0 Å². The molecule has 0 unspecified atom stereocenters. The minimum Gasteiger partial charge on any atom is -0.340 e. The van der Waals surface area contributed by atoms with Crippen LogP contribution in [0.4, 0.5) is 0 Å². The van der Waals surface area contributed by atoms with E-state index in [4.69, 9.17) is 4.98 Å². The van der Waals surface area contributed by atoms with E-state index < -0.39 is 0 Å². The molecule has 1 aromatic heterocycles. The van der Waals surface area contributed by atoms with Crippen LogP contribution in [0.3, 0.4) is 0 Å². The highest BCUT2D eigenvalue weighted by Crippen LogP contribution is 2.29. The Hall–Kier alpha value is -3.28. The van der Waals surface area contributed by atoms with E-state index in [-0.39, 0.29) is 11.8 Å². The summed E-state index contributed by atoms with van der Waals surface area (Å²) in [7, 11) is 0. The second-order valence-electron chi connectivity index (χ2n) is 8.75. The molecule has 4 nitrogen and oxygen atoms in total. The molecule has 34 heavy (non-hydrogen) atoms. The van der Waals surface area contributed by atoms with Crippen LogP contribution in [0.25, 0.3) is 10.6 Å². The van der Waals surface area contributed by atoms with Gasteiger partial charge in [0.2, 0.25) is 5.91 Å². The number of rotatable bonds is 7. The summed E-state index contributed by atoms with van der Waals surface area (Å²) in [5.74, 6) is 0.316. The number of thiazole rings is 1. The summed E-state index contributed by atoms with van der Waals surface area (Å²) in [4.78, 5) is 22.5. The molecule has 0 radical (unpaired) electrons. The highest BCUT2D eigenvalue weighted by Gasteiger charge is 2.25. The van der Waals surface area contributed by atoms with Crippen molar-refractivity contribution in [3.05, 3.63) is 113 Å². The van der Waals surface area contributed by atoms with Crippen molar-refractivity contribution in [1.29, 1.82) is 0 Å². The molecule has 172 valence electrons. The quantitative estimate of drug-likeness (QED) is 0.351. The van der Waals surface area contributed by atoms with E-state index in [0.717, 1.165) is 43.4 Å². The highest BCUT2D eigenvalue weighted by molar-refractivity contribution is 7.13. The van der Waals surface area contributed by atoms with Crippen LogP contribution < -0.4 is 0 Å². The zero-order chi connectivity index (χ0) is 23.2. The van der Waals surface area contributed by atoms with E-state index in [2.05, 4.69) is 70.9 Å². The number of hydrogen-bond acceptors (Lipinski definition) is 4. The fourth-order valence-electron chi connectivity index (χ4n) is 4.58. The summed E-state index contributed by atoms with van der Waals surface area (Å²) in [5, 5.41) is 3.22. The van der Waals surface area contributed by atoms with Gasteiger partial charge in [0.15, 0.2) is 0 Å². The van der Waals surface area contributed by atoms with Crippen LogP contribution in [-0.2, 0) is 11.3 Å². The maximum absolute atomic E-state index is 13.3. The Bertz CT molecular complexity index is 1150. The Morgan fingerprint density at radius 3 is 1.94 bits per heavy atom.